The summed E-state index contributed by atoms with van der Waals surface area (Å²) in [6.45, 7) is 6.18. The van der Waals surface area contributed by atoms with Crippen molar-refractivity contribution in [1.29, 1.82) is 0 Å². The quantitative estimate of drug-likeness (QED) is 0.580. The summed E-state index contributed by atoms with van der Waals surface area (Å²) < 4.78 is 4.74. The Bertz CT molecular complexity index is 315. The Morgan fingerprint density at radius 3 is 2.67 bits per heavy atom. The van der Waals surface area contributed by atoms with E-state index in [-0.39, 0.29) is 18.1 Å². The van der Waals surface area contributed by atoms with Gasteiger partial charge in [0, 0.05) is 6.04 Å². The van der Waals surface area contributed by atoms with Crippen molar-refractivity contribution in [1.82, 2.24) is 5.32 Å². The Balaban J connectivity index is 2.55. The molecule has 0 aliphatic heterocycles. The molecule has 5 heteroatoms. The maximum absolute atomic E-state index is 11.9. The number of rotatable bonds is 4. The van der Waals surface area contributed by atoms with Gasteiger partial charge in [-0.05, 0) is 25.2 Å². The molecule has 0 heterocycles. The second-order valence-electron chi connectivity index (χ2n) is 5.53. The fraction of sp³-hybridized carbons (Fsp3) is 0.846. The first-order valence-electron chi connectivity index (χ1n) is 6.61. The molecular formula is C13H24N2O3. The minimum Gasteiger partial charge on any atom is -0.464 e. The van der Waals surface area contributed by atoms with E-state index in [9.17, 15) is 9.59 Å². The maximum Gasteiger partial charge on any atom is 0.332 e. The van der Waals surface area contributed by atoms with Crippen LogP contribution in [0.3, 0.4) is 0 Å². The first-order valence-corrected chi connectivity index (χ1v) is 6.61. The van der Waals surface area contributed by atoms with Gasteiger partial charge in [0.1, 0.15) is 0 Å². The van der Waals surface area contributed by atoms with Gasteiger partial charge in [-0.1, -0.05) is 26.7 Å². The highest BCUT2D eigenvalue weighted by Gasteiger charge is 2.35. The zero-order valence-corrected chi connectivity index (χ0v) is 11.5. The summed E-state index contributed by atoms with van der Waals surface area (Å²) in [5.74, 6) is -1.10. The van der Waals surface area contributed by atoms with Gasteiger partial charge in [-0.15, -0.1) is 0 Å². The molecule has 0 saturated heterocycles. The summed E-state index contributed by atoms with van der Waals surface area (Å²) >= 11 is 0. The zero-order chi connectivity index (χ0) is 13.8. The number of ether oxygens (including phenoxy) is 1. The molecule has 2 atom stereocenters. The third kappa shape index (κ3) is 3.70. The molecule has 1 aliphatic carbocycles. The van der Waals surface area contributed by atoms with Gasteiger partial charge in [-0.25, -0.2) is 4.79 Å². The molecule has 0 aromatic heterocycles. The van der Waals surface area contributed by atoms with Crippen LogP contribution in [-0.2, 0) is 14.3 Å². The lowest BCUT2D eigenvalue weighted by Crippen LogP contribution is -2.54. The Kier molecular flexibility index (Phi) is 5.14. The monoisotopic (exact) mass is 256 g/mol. The molecule has 1 aliphatic rings. The summed E-state index contributed by atoms with van der Waals surface area (Å²) in [5, 5.41) is 2.88. The van der Waals surface area contributed by atoms with Crippen LogP contribution < -0.4 is 11.1 Å². The minimum atomic E-state index is -1.22. The lowest BCUT2D eigenvalue weighted by molar-refractivity contribution is -0.148. The Labute approximate surface area is 108 Å². The zero-order valence-electron chi connectivity index (χ0n) is 11.5. The van der Waals surface area contributed by atoms with E-state index in [0.717, 1.165) is 19.3 Å². The number of nitrogens with two attached hydrogens (primary N) is 1. The predicted octanol–water partition coefficient (Wildman–Crippen LogP) is 0.962. The molecule has 1 amide bonds. The van der Waals surface area contributed by atoms with E-state index < -0.39 is 17.9 Å². The van der Waals surface area contributed by atoms with Gasteiger partial charge in [0.2, 0.25) is 5.91 Å². The van der Waals surface area contributed by atoms with Crippen molar-refractivity contribution in [3.8, 4) is 0 Å². The molecule has 0 aromatic carbocycles. The molecule has 0 aromatic rings. The summed E-state index contributed by atoms with van der Waals surface area (Å²) in [4.78, 5) is 23.3. The van der Waals surface area contributed by atoms with Crippen LogP contribution in [0, 0.1) is 5.41 Å². The number of esters is 1. The highest BCUT2D eigenvalue weighted by atomic mass is 16.5. The normalized spacial score (nSPS) is 24.1. The van der Waals surface area contributed by atoms with Crippen LogP contribution in [-0.4, -0.2) is 30.6 Å². The molecular weight excluding hydrogens is 232 g/mol. The number of hydrogen-bond donors (Lipinski definition) is 2. The van der Waals surface area contributed by atoms with E-state index in [1.54, 1.807) is 6.92 Å². The molecule has 1 fully saturated rings. The minimum absolute atomic E-state index is 0.0578. The van der Waals surface area contributed by atoms with Crippen LogP contribution in [0.4, 0.5) is 0 Å². The second-order valence-corrected chi connectivity index (χ2v) is 5.53. The third-order valence-electron chi connectivity index (χ3n) is 3.65. The van der Waals surface area contributed by atoms with Crippen molar-refractivity contribution in [2.45, 2.75) is 58.5 Å². The van der Waals surface area contributed by atoms with E-state index in [4.69, 9.17) is 10.5 Å². The number of nitrogens with one attached hydrogen (secondary N) is 1. The van der Waals surface area contributed by atoms with Crippen LogP contribution in [0.15, 0.2) is 0 Å². The number of carbonyl (C=O) groups is 2. The van der Waals surface area contributed by atoms with Crippen molar-refractivity contribution in [2.75, 3.05) is 6.61 Å². The standard InChI is InChI=1S/C13H24N2O3/c1-4-18-12(17)10(14)11(16)15-9-7-5-6-8-13(9,2)3/h9-10H,4-8,14H2,1-3H3,(H,15,16). The molecule has 18 heavy (non-hydrogen) atoms. The number of hydrogen-bond acceptors (Lipinski definition) is 4. The van der Waals surface area contributed by atoms with Gasteiger partial charge in [0.25, 0.3) is 0 Å². The smallest absolute Gasteiger partial charge is 0.332 e. The van der Waals surface area contributed by atoms with Crippen LogP contribution in [0.25, 0.3) is 0 Å². The Morgan fingerprint density at radius 1 is 1.44 bits per heavy atom. The van der Waals surface area contributed by atoms with Gasteiger partial charge in [-0.3, -0.25) is 4.79 Å². The summed E-state index contributed by atoms with van der Waals surface area (Å²) in [6, 6.07) is -1.14. The molecule has 3 N–H and O–H groups in total. The van der Waals surface area contributed by atoms with Crippen molar-refractivity contribution < 1.29 is 14.3 Å². The highest BCUT2D eigenvalue weighted by molar-refractivity contribution is 6.01. The fourth-order valence-electron chi connectivity index (χ4n) is 2.36. The van der Waals surface area contributed by atoms with Gasteiger partial charge in [0.15, 0.2) is 6.04 Å². The summed E-state index contributed by atoms with van der Waals surface area (Å²) in [6.07, 6.45) is 4.30. The van der Waals surface area contributed by atoms with Crippen LogP contribution in [0.2, 0.25) is 0 Å². The number of carbonyl (C=O) groups excluding carboxylic acids is 2. The van der Waals surface area contributed by atoms with E-state index in [1.165, 1.54) is 6.42 Å². The van der Waals surface area contributed by atoms with Crippen molar-refractivity contribution >= 4 is 11.9 Å². The molecule has 1 saturated carbocycles. The lowest BCUT2D eigenvalue weighted by atomic mass is 9.73. The molecule has 2 unspecified atom stereocenters. The maximum atomic E-state index is 11.9. The van der Waals surface area contributed by atoms with Gasteiger partial charge < -0.3 is 15.8 Å². The van der Waals surface area contributed by atoms with Crippen molar-refractivity contribution in [2.24, 2.45) is 11.1 Å². The van der Waals surface area contributed by atoms with E-state index in [0.29, 0.717) is 0 Å². The van der Waals surface area contributed by atoms with E-state index in [1.807, 2.05) is 0 Å². The average molecular weight is 256 g/mol. The highest BCUT2D eigenvalue weighted by Crippen LogP contribution is 2.35. The third-order valence-corrected chi connectivity index (χ3v) is 3.65. The fourth-order valence-corrected chi connectivity index (χ4v) is 2.36. The van der Waals surface area contributed by atoms with Crippen LogP contribution in [0.1, 0.15) is 46.5 Å². The predicted molar refractivity (Wildman–Crippen MR) is 68.8 cm³/mol. The summed E-state index contributed by atoms with van der Waals surface area (Å²) in [5.41, 5.74) is 5.62. The molecule has 104 valence electrons. The molecule has 0 spiro atoms. The van der Waals surface area contributed by atoms with E-state index >= 15 is 0 Å². The second kappa shape index (κ2) is 6.18. The largest absolute Gasteiger partial charge is 0.464 e. The molecule has 0 radical (unpaired) electrons. The molecule has 5 nitrogen and oxygen atoms in total. The summed E-state index contributed by atoms with van der Waals surface area (Å²) in [7, 11) is 0. The van der Waals surface area contributed by atoms with Gasteiger partial charge in [-0.2, -0.15) is 0 Å². The van der Waals surface area contributed by atoms with Crippen molar-refractivity contribution in [3.63, 3.8) is 0 Å². The molecule has 0 bridgehead atoms. The van der Waals surface area contributed by atoms with E-state index in [2.05, 4.69) is 19.2 Å². The average Bonchev–Trinajstić information content (AvgIpc) is 2.31. The topological polar surface area (TPSA) is 81.4 Å². The Hall–Kier alpha value is -1.10. The Morgan fingerprint density at radius 2 is 2.11 bits per heavy atom. The van der Waals surface area contributed by atoms with Crippen LogP contribution in [0.5, 0.6) is 0 Å². The number of amides is 1. The van der Waals surface area contributed by atoms with Gasteiger partial charge >= 0.3 is 5.97 Å². The first-order chi connectivity index (χ1) is 8.38. The lowest BCUT2D eigenvalue weighted by Gasteiger charge is -2.39. The van der Waals surface area contributed by atoms with Gasteiger partial charge in [0.05, 0.1) is 6.61 Å². The van der Waals surface area contributed by atoms with Crippen molar-refractivity contribution in [3.05, 3.63) is 0 Å². The van der Waals surface area contributed by atoms with Crippen LogP contribution >= 0.6 is 0 Å². The molecule has 1 rings (SSSR count). The first kappa shape index (κ1) is 15.0. The SMILES string of the molecule is CCOC(=O)C(N)C(=O)NC1CCCCC1(C)C.